The number of carbonyl (C=O) groups is 2. The van der Waals surface area contributed by atoms with Crippen molar-refractivity contribution in [3.05, 3.63) is 12.2 Å². The van der Waals surface area contributed by atoms with E-state index in [1.54, 1.807) is 4.90 Å². The number of allylic oxidation sites excluding steroid dienone is 2. The molecule has 5 nitrogen and oxygen atoms in total. The molecular formula is C15H21NO4. The highest BCUT2D eigenvalue weighted by atomic mass is 16.4. The van der Waals surface area contributed by atoms with Crippen molar-refractivity contribution in [1.29, 1.82) is 0 Å². The van der Waals surface area contributed by atoms with Crippen LogP contribution in [0, 0.1) is 29.6 Å². The molecule has 0 aromatic heterocycles. The van der Waals surface area contributed by atoms with Gasteiger partial charge < -0.3 is 15.1 Å². The molecule has 20 heavy (non-hydrogen) atoms. The van der Waals surface area contributed by atoms with E-state index in [-0.39, 0.29) is 36.2 Å². The van der Waals surface area contributed by atoms with Crippen LogP contribution in [0.15, 0.2) is 12.2 Å². The van der Waals surface area contributed by atoms with E-state index in [1.807, 2.05) is 12.2 Å². The van der Waals surface area contributed by atoms with E-state index in [9.17, 15) is 14.7 Å². The molecule has 3 aliphatic rings. The van der Waals surface area contributed by atoms with E-state index in [0.717, 1.165) is 19.3 Å². The molecule has 4 unspecified atom stereocenters. The zero-order chi connectivity index (χ0) is 14.3. The molecule has 0 aromatic carbocycles. The second kappa shape index (κ2) is 5.20. The van der Waals surface area contributed by atoms with Crippen LogP contribution in [0.5, 0.6) is 0 Å². The number of nitrogens with zero attached hydrogens (tertiary/aromatic N) is 1. The first-order valence-corrected chi connectivity index (χ1v) is 7.42. The van der Waals surface area contributed by atoms with Gasteiger partial charge in [-0.3, -0.25) is 9.59 Å². The normalized spacial score (nSPS) is 36.5. The quantitative estimate of drug-likeness (QED) is 0.747. The first-order chi connectivity index (χ1) is 9.61. The third kappa shape index (κ3) is 2.14. The predicted octanol–water partition coefficient (Wildman–Crippen LogP) is 0.740. The number of carboxylic acid groups (broad SMARTS) is 1. The number of aliphatic hydroxyl groups is 1. The van der Waals surface area contributed by atoms with Crippen LogP contribution < -0.4 is 0 Å². The number of fused-ring (bicyclic) bond motifs is 2. The van der Waals surface area contributed by atoms with E-state index < -0.39 is 11.9 Å². The van der Waals surface area contributed by atoms with Crippen LogP contribution in [-0.4, -0.2) is 46.7 Å². The molecule has 1 saturated heterocycles. The minimum absolute atomic E-state index is 0.00522. The fraction of sp³-hybridized carbons (Fsp3) is 0.733. The highest BCUT2D eigenvalue weighted by Crippen LogP contribution is 2.49. The number of rotatable bonds is 3. The molecule has 0 spiro atoms. The maximum atomic E-state index is 12.7. The lowest BCUT2D eigenvalue weighted by molar-refractivity contribution is -0.151. The number of amides is 1. The third-order valence-electron chi connectivity index (χ3n) is 5.21. The highest BCUT2D eigenvalue weighted by Gasteiger charge is 2.52. The molecule has 2 aliphatic carbocycles. The standard InChI is InChI=1S/C15H21NO4/c17-8-9-3-5-16(6-4-9)14(18)12-10-1-2-11(7-10)13(12)15(19)20/h1-2,9-13,17H,3-8H2,(H,19,20). The third-order valence-corrected chi connectivity index (χ3v) is 5.21. The van der Waals surface area contributed by atoms with Gasteiger partial charge in [-0.25, -0.2) is 0 Å². The molecule has 1 amide bonds. The van der Waals surface area contributed by atoms with Gasteiger partial charge in [0.05, 0.1) is 11.8 Å². The highest BCUT2D eigenvalue weighted by molar-refractivity contribution is 5.87. The van der Waals surface area contributed by atoms with E-state index in [1.165, 1.54) is 0 Å². The monoisotopic (exact) mass is 279 g/mol. The summed E-state index contributed by atoms with van der Waals surface area (Å²) in [5.74, 6) is -1.35. The number of carboxylic acids is 1. The Morgan fingerprint density at radius 3 is 2.25 bits per heavy atom. The lowest BCUT2D eigenvalue weighted by atomic mass is 9.81. The Labute approximate surface area is 118 Å². The number of hydrogen-bond donors (Lipinski definition) is 2. The molecule has 2 bridgehead atoms. The lowest BCUT2D eigenvalue weighted by Gasteiger charge is -2.35. The molecule has 2 N–H and O–H groups in total. The molecule has 110 valence electrons. The summed E-state index contributed by atoms with van der Waals surface area (Å²) in [6, 6.07) is 0. The smallest absolute Gasteiger partial charge is 0.307 e. The van der Waals surface area contributed by atoms with Crippen molar-refractivity contribution in [1.82, 2.24) is 4.90 Å². The van der Waals surface area contributed by atoms with Gasteiger partial charge >= 0.3 is 5.97 Å². The predicted molar refractivity (Wildman–Crippen MR) is 71.7 cm³/mol. The van der Waals surface area contributed by atoms with E-state index in [0.29, 0.717) is 13.1 Å². The first-order valence-electron chi connectivity index (χ1n) is 7.42. The van der Waals surface area contributed by atoms with Crippen LogP contribution in [0.2, 0.25) is 0 Å². The number of carbonyl (C=O) groups excluding carboxylic acids is 1. The van der Waals surface area contributed by atoms with Crippen molar-refractivity contribution in [3.8, 4) is 0 Å². The van der Waals surface area contributed by atoms with Crippen LogP contribution in [0.4, 0.5) is 0 Å². The second-order valence-corrected chi connectivity index (χ2v) is 6.29. The Balaban J connectivity index is 1.71. The minimum Gasteiger partial charge on any atom is -0.481 e. The maximum absolute atomic E-state index is 12.7. The van der Waals surface area contributed by atoms with E-state index in [2.05, 4.69) is 0 Å². The molecule has 0 radical (unpaired) electrons. The first kappa shape index (κ1) is 13.6. The number of piperidine rings is 1. The fourth-order valence-corrected chi connectivity index (χ4v) is 4.04. The summed E-state index contributed by atoms with van der Waals surface area (Å²) in [4.78, 5) is 25.9. The van der Waals surface area contributed by atoms with Crippen molar-refractivity contribution in [2.45, 2.75) is 19.3 Å². The summed E-state index contributed by atoms with van der Waals surface area (Å²) in [7, 11) is 0. The Morgan fingerprint density at radius 2 is 1.70 bits per heavy atom. The van der Waals surface area contributed by atoms with Gasteiger partial charge in [0.15, 0.2) is 0 Å². The van der Waals surface area contributed by atoms with Crippen molar-refractivity contribution in [3.63, 3.8) is 0 Å². The van der Waals surface area contributed by atoms with Gasteiger partial charge in [-0.1, -0.05) is 12.2 Å². The van der Waals surface area contributed by atoms with Gasteiger partial charge in [0.2, 0.25) is 5.91 Å². The van der Waals surface area contributed by atoms with Gasteiger partial charge in [0.1, 0.15) is 0 Å². The van der Waals surface area contributed by atoms with Crippen LogP contribution in [0.1, 0.15) is 19.3 Å². The van der Waals surface area contributed by atoms with Crippen molar-refractivity contribution in [2.24, 2.45) is 29.6 Å². The van der Waals surface area contributed by atoms with Crippen molar-refractivity contribution >= 4 is 11.9 Å². The molecule has 1 saturated carbocycles. The molecule has 3 rings (SSSR count). The van der Waals surface area contributed by atoms with Gasteiger partial charge in [-0.05, 0) is 37.0 Å². The Kier molecular flexibility index (Phi) is 3.54. The Hall–Kier alpha value is -1.36. The summed E-state index contributed by atoms with van der Waals surface area (Å²) in [5.41, 5.74) is 0. The average molecular weight is 279 g/mol. The van der Waals surface area contributed by atoms with Gasteiger partial charge in [-0.15, -0.1) is 0 Å². The molecule has 5 heteroatoms. The average Bonchev–Trinajstić information content (AvgIpc) is 3.07. The summed E-state index contributed by atoms with van der Waals surface area (Å²) in [6.07, 6.45) is 6.42. The molecule has 1 heterocycles. The van der Waals surface area contributed by atoms with Crippen molar-refractivity contribution in [2.75, 3.05) is 19.7 Å². The molecule has 1 aliphatic heterocycles. The SMILES string of the molecule is O=C(O)C1C2C=CC(C2)C1C(=O)N1CCC(CO)CC1. The number of likely N-dealkylation sites (tertiary alicyclic amines) is 1. The molecule has 4 atom stereocenters. The topological polar surface area (TPSA) is 77.8 Å². The number of hydrogen-bond acceptors (Lipinski definition) is 3. The fourth-order valence-electron chi connectivity index (χ4n) is 4.04. The van der Waals surface area contributed by atoms with E-state index >= 15 is 0 Å². The van der Waals surface area contributed by atoms with Crippen LogP contribution in [0.25, 0.3) is 0 Å². The molecule has 0 aromatic rings. The summed E-state index contributed by atoms with van der Waals surface area (Å²) < 4.78 is 0. The minimum atomic E-state index is -0.842. The summed E-state index contributed by atoms with van der Waals surface area (Å²) >= 11 is 0. The second-order valence-electron chi connectivity index (χ2n) is 6.29. The van der Waals surface area contributed by atoms with Crippen LogP contribution in [0.3, 0.4) is 0 Å². The van der Waals surface area contributed by atoms with E-state index in [4.69, 9.17) is 5.11 Å². The number of aliphatic carboxylic acids is 1. The zero-order valence-corrected chi connectivity index (χ0v) is 11.4. The maximum Gasteiger partial charge on any atom is 0.307 e. The van der Waals surface area contributed by atoms with Crippen LogP contribution in [-0.2, 0) is 9.59 Å². The summed E-state index contributed by atoms with van der Waals surface area (Å²) in [6.45, 7) is 1.47. The van der Waals surface area contributed by atoms with Crippen molar-refractivity contribution < 1.29 is 19.8 Å². The molecule has 2 fully saturated rings. The zero-order valence-electron chi connectivity index (χ0n) is 11.4. The van der Waals surface area contributed by atoms with Crippen LogP contribution >= 0.6 is 0 Å². The van der Waals surface area contributed by atoms with Gasteiger partial charge in [0.25, 0.3) is 0 Å². The Bertz CT molecular complexity index is 439. The lowest BCUT2D eigenvalue weighted by Crippen LogP contribution is -2.46. The van der Waals surface area contributed by atoms with Gasteiger partial charge in [-0.2, -0.15) is 0 Å². The Morgan fingerprint density at radius 1 is 1.10 bits per heavy atom. The number of aliphatic hydroxyl groups excluding tert-OH is 1. The largest absolute Gasteiger partial charge is 0.481 e. The van der Waals surface area contributed by atoms with Gasteiger partial charge in [0, 0.05) is 19.7 Å². The molecular weight excluding hydrogens is 258 g/mol. The summed E-state index contributed by atoms with van der Waals surface area (Å²) in [5, 5.41) is 18.5.